The minimum atomic E-state index is -0.750. The first-order valence-corrected chi connectivity index (χ1v) is 6.19. The van der Waals surface area contributed by atoms with E-state index in [4.69, 9.17) is 4.74 Å². The van der Waals surface area contributed by atoms with Crippen LogP contribution in [-0.4, -0.2) is 37.7 Å². The number of hydrogen-bond donors (Lipinski definition) is 0. The summed E-state index contributed by atoms with van der Waals surface area (Å²) in [6.07, 6.45) is 2.73. The SMILES string of the molecule is CCCCOC(=O)/C=C(/C)C(=O)OCC(=O)OCC. The predicted molar refractivity (Wildman–Crippen MR) is 67.2 cm³/mol. The first-order chi connectivity index (χ1) is 9.01. The Bertz CT molecular complexity index is 345. The van der Waals surface area contributed by atoms with Gasteiger partial charge in [0.25, 0.3) is 0 Å². The molecule has 0 spiro atoms. The predicted octanol–water partition coefficient (Wildman–Crippen LogP) is 1.38. The zero-order valence-corrected chi connectivity index (χ0v) is 11.6. The molecule has 0 aliphatic carbocycles. The molecule has 0 unspecified atom stereocenters. The topological polar surface area (TPSA) is 78.9 Å². The van der Waals surface area contributed by atoms with E-state index in [1.54, 1.807) is 6.92 Å². The molecule has 0 amide bonds. The highest BCUT2D eigenvalue weighted by atomic mass is 16.6. The summed E-state index contributed by atoms with van der Waals surface area (Å²) in [6.45, 7) is 5.10. The van der Waals surface area contributed by atoms with E-state index in [1.807, 2.05) is 6.92 Å². The van der Waals surface area contributed by atoms with Crippen LogP contribution in [0.1, 0.15) is 33.6 Å². The first kappa shape index (κ1) is 17.2. The summed E-state index contributed by atoms with van der Waals surface area (Å²) >= 11 is 0. The lowest BCUT2D eigenvalue weighted by atomic mass is 10.3. The average Bonchev–Trinajstić information content (AvgIpc) is 2.36. The van der Waals surface area contributed by atoms with Crippen molar-refractivity contribution in [2.45, 2.75) is 33.6 Å². The van der Waals surface area contributed by atoms with E-state index in [1.165, 1.54) is 6.92 Å². The van der Waals surface area contributed by atoms with Crippen LogP contribution in [0.15, 0.2) is 11.6 Å². The summed E-state index contributed by atoms with van der Waals surface area (Å²) in [5, 5.41) is 0. The number of rotatable bonds is 8. The molecule has 6 nitrogen and oxygen atoms in total. The fourth-order valence-electron chi connectivity index (χ4n) is 1.04. The van der Waals surface area contributed by atoms with Gasteiger partial charge in [-0.15, -0.1) is 0 Å². The third-order valence-corrected chi connectivity index (χ3v) is 2.02. The Kier molecular flexibility index (Phi) is 9.12. The van der Waals surface area contributed by atoms with Crippen LogP contribution in [0.5, 0.6) is 0 Å². The zero-order valence-electron chi connectivity index (χ0n) is 11.6. The third kappa shape index (κ3) is 8.82. The van der Waals surface area contributed by atoms with Crippen molar-refractivity contribution in [2.75, 3.05) is 19.8 Å². The third-order valence-electron chi connectivity index (χ3n) is 2.02. The molecule has 0 radical (unpaired) electrons. The number of ether oxygens (including phenoxy) is 3. The van der Waals surface area contributed by atoms with Crippen LogP contribution < -0.4 is 0 Å². The Morgan fingerprint density at radius 1 is 1.05 bits per heavy atom. The molecule has 0 aromatic rings. The standard InChI is InChI=1S/C13H20O6/c1-4-6-7-18-11(14)8-10(3)13(16)19-9-12(15)17-5-2/h8H,4-7,9H2,1-3H3/b10-8-. The molecule has 0 saturated carbocycles. The first-order valence-electron chi connectivity index (χ1n) is 6.19. The maximum absolute atomic E-state index is 11.4. The van der Waals surface area contributed by atoms with Crippen molar-refractivity contribution in [3.63, 3.8) is 0 Å². The van der Waals surface area contributed by atoms with Gasteiger partial charge in [-0.3, -0.25) is 0 Å². The lowest BCUT2D eigenvalue weighted by molar-refractivity contribution is -0.156. The van der Waals surface area contributed by atoms with E-state index in [9.17, 15) is 14.4 Å². The van der Waals surface area contributed by atoms with Gasteiger partial charge in [-0.2, -0.15) is 0 Å². The molecule has 0 aliphatic heterocycles. The minimum Gasteiger partial charge on any atom is -0.463 e. The summed E-state index contributed by atoms with van der Waals surface area (Å²) in [6, 6.07) is 0. The smallest absolute Gasteiger partial charge is 0.344 e. The minimum absolute atomic E-state index is 0.0748. The van der Waals surface area contributed by atoms with Crippen LogP contribution in [0.25, 0.3) is 0 Å². The number of carbonyl (C=O) groups excluding carboxylic acids is 3. The Morgan fingerprint density at radius 2 is 1.74 bits per heavy atom. The van der Waals surface area contributed by atoms with E-state index in [-0.39, 0.29) is 12.2 Å². The fourth-order valence-corrected chi connectivity index (χ4v) is 1.04. The largest absolute Gasteiger partial charge is 0.463 e. The van der Waals surface area contributed by atoms with E-state index >= 15 is 0 Å². The van der Waals surface area contributed by atoms with Gasteiger partial charge in [0.1, 0.15) is 0 Å². The van der Waals surface area contributed by atoms with Crippen LogP contribution in [0.2, 0.25) is 0 Å². The van der Waals surface area contributed by atoms with Crippen LogP contribution in [0.3, 0.4) is 0 Å². The number of esters is 3. The molecular formula is C13H20O6. The highest BCUT2D eigenvalue weighted by Crippen LogP contribution is 1.99. The quantitative estimate of drug-likeness (QED) is 0.287. The maximum atomic E-state index is 11.4. The summed E-state index contributed by atoms with van der Waals surface area (Å²) in [7, 11) is 0. The van der Waals surface area contributed by atoms with Crippen molar-refractivity contribution in [2.24, 2.45) is 0 Å². The van der Waals surface area contributed by atoms with Gasteiger partial charge in [-0.1, -0.05) is 13.3 Å². The normalized spacial score (nSPS) is 10.8. The molecule has 0 atom stereocenters. The lowest BCUT2D eigenvalue weighted by Crippen LogP contribution is -2.17. The Hall–Kier alpha value is -1.85. The van der Waals surface area contributed by atoms with Crippen molar-refractivity contribution in [1.29, 1.82) is 0 Å². The van der Waals surface area contributed by atoms with Gasteiger partial charge in [0.05, 0.1) is 13.2 Å². The number of hydrogen-bond acceptors (Lipinski definition) is 6. The lowest BCUT2D eigenvalue weighted by Gasteiger charge is -2.05. The van der Waals surface area contributed by atoms with Gasteiger partial charge < -0.3 is 14.2 Å². The zero-order chi connectivity index (χ0) is 14.7. The monoisotopic (exact) mass is 272 g/mol. The molecule has 0 saturated heterocycles. The van der Waals surface area contributed by atoms with Crippen LogP contribution in [0.4, 0.5) is 0 Å². The second-order valence-corrected chi connectivity index (χ2v) is 3.73. The summed E-state index contributed by atoms with van der Waals surface area (Å²) in [5.41, 5.74) is 0.0748. The van der Waals surface area contributed by atoms with E-state index in [2.05, 4.69) is 9.47 Å². The molecule has 0 heterocycles. The second kappa shape index (κ2) is 10.1. The van der Waals surface area contributed by atoms with Crippen LogP contribution >= 0.6 is 0 Å². The molecule has 0 aliphatic rings. The average molecular weight is 272 g/mol. The van der Waals surface area contributed by atoms with Crippen molar-refractivity contribution >= 4 is 17.9 Å². The Balaban J connectivity index is 4.09. The number of unbranched alkanes of at least 4 members (excludes halogenated alkanes) is 1. The molecule has 19 heavy (non-hydrogen) atoms. The molecule has 0 N–H and O–H groups in total. The molecule has 0 rings (SSSR count). The number of carbonyl (C=O) groups is 3. The molecule has 0 bridgehead atoms. The van der Waals surface area contributed by atoms with Gasteiger partial charge >= 0.3 is 17.9 Å². The second-order valence-electron chi connectivity index (χ2n) is 3.73. The van der Waals surface area contributed by atoms with Crippen molar-refractivity contribution < 1.29 is 28.6 Å². The highest BCUT2D eigenvalue weighted by Gasteiger charge is 2.11. The van der Waals surface area contributed by atoms with Gasteiger partial charge in [0.2, 0.25) is 0 Å². The molecule has 0 fully saturated rings. The maximum Gasteiger partial charge on any atom is 0.344 e. The van der Waals surface area contributed by atoms with E-state index in [0.717, 1.165) is 18.9 Å². The van der Waals surface area contributed by atoms with Gasteiger partial charge in [-0.05, 0) is 20.3 Å². The summed E-state index contributed by atoms with van der Waals surface area (Å²) in [5.74, 6) is -1.98. The van der Waals surface area contributed by atoms with Gasteiger partial charge in [0.15, 0.2) is 6.61 Å². The molecule has 108 valence electrons. The molecule has 0 aromatic heterocycles. The Labute approximate surface area is 112 Å². The van der Waals surface area contributed by atoms with Gasteiger partial charge in [0, 0.05) is 11.6 Å². The Morgan fingerprint density at radius 3 is 2.32 bits per heavy atom. The molecular weight excluding hydrogens is 252 g/mol. The van der Waals surface area contributed by atoms with Crippen LogP contribution in [-0.2, 0) is 28.6 Å². The van der Waals surface area contributed by atoms with Gasteiger partial charge in [-0.25, -0.2) is 14.4 Å². The molecule has 6 heteroatoms. The van der Waals surface area contributed by atoms with Crippen molar-refractivity contribution in [1.82, 2.24) is 0 Å². The van der Waals surface area contributed by atoms with E-state index in [0.29, 0.717) is 6.61 Å². The highest BCUT2D eigenvalue weighted by molar-refractivity contribution is 5.96. The van der Waals surface area contributed by atoms with Crippen molar-refractivity contribution in [3.05, 3.63) is 11.6 Å². The summed E-state index contributed by atoms with van der Waals surface area (Å²) in [4.78, 5) is 33.6. The summed E-state index contributed by atoms with van der Waals surface area (Å²) < 4.78 is 14.1. The van der Waals surface area contributed by atoms with E-state index < -0.39 is 24.5 Å². The van der Waals surface area contributed by atoms with Crippen LogP contribution in [0, 0.1) is 0 Å². The molecule has 0 aromatic carbocycles. The van der Waals surface area contributed by atoms with Crippen molar-refractivity contribution in [3.8, 4) is 0 Å². The fraction of sp³-hybridized carbons (Fsp3) is 0.615.